The van der Waals surface area contributed by atoms with Gasteiger partial charge in [-0.25, -0.2) is 4.79 Å². The second-order valence-electron chi connectivity index (χ2n) is 7.82. The zero-order valence-electron chi connectivity index (χ0n) is 14.5. The van der Waals surface area contributed by atoms with Crippen LogP contribution in [0.4, 0.5) is 4.79 Å². The van der Waals surface area contributed by atoms with Crippen molar-refractivity contribution in [1.82, 2.24) is 4.90 Å². The van der Waals surface area contributed by atoms with Gasteiger partial charge in [0.2, 0.25) is 0 Å². The summed E-state index contributed by atoms with van der Waals surface area (Å²) in [6.45, 7) is 0.997. The van der Waals surface area contributed by atoms with Gasteiger partial charge in [0.25, 0.3) is 0 Å². The second kappa shape index (κ2) is 5.04. The first kappa shape index (κ1) is 15.3. The zero-order chi connectivity index (χ0) is 17.3. The number of carboxylic acid groups (broad SMARTS) is 1. The molecule has 6 heteroatoms. The van der Waals surface area contributed by atoms with Crippen LogP contribution in [0.25, 0.3) is 0 Å². The van der Waals surface area contributed by atoms with E-state index in [2.05, 4.69) is 18.0 Å². The first-order valence-electron chi connectivity index (χ1n) is 9.03. The van der Waals surface area contributed by atoms with E-state index in [0.717, 1.165) is 43.7 Å². The average Bonchev–Trinajstić information content (AvgIpc) is 2.94. The summed E-state index contributed by atoms with van der Waals surface area (Å²) >= 11 is 0. The lowest BCUT2D eigenvalue weighted by molar-refractivity contribution is -0.108. The molecule has 1 saturated carbocycles. The molecule has 134 valence electrons. The van der Waals surface area contributed by atoms with E-state index >= 15 is 0 Å². The van der Waals surface area contributed by atoms with Gasteiger partial charge >= 0.3 is 6.16 Å². The summed E-state index contributed by atoms with van der Waals surface area (Å²) < 4.78 is 17.2. The van der Waals surface area contributed by atoms with Crippen LogP contribution in [0.1, 0.15) is 30.4 Å². The first-order valence-corrected chi connectivity index (χ1v) is 9.03. The van der Waals surface area contributed by atoms with Gasteiger partial charge in [0.1, 0.15) is 12.2 Å². The molecule has 2 aliphatic heterocycles. The number of methoxy groups -OCH3 is 1. The van der Waals surface area contributed by atoms with Crippen LogP contribution in [0.3, 0.4) is 0 Å². The van der Waals surface area contributed by atoms with E-state index in [9.17, 15) is 9.90 Å². The van der Waals surface area contributed by atoms with Crippen LogP contribution in [-0.4, -0.2) is 55.1 Å². The number of likely N-dealkylation sites (N-methyl/N-ethyl adjacent to an activating group) is 1. The molecule has 2 fully saturated rings. The molecule has 1 saturated heterocycles. The van der Waals surface area contributed by atoms with Gasteiger partial charge in [-0.3, -0.25) is 0 Å². The van der Waals surface area contributed by atoms with Crippen LogP contribution in [0.15, 0.2) is 12.1 Å². The number of rotatable bonds is 2. The molecule has 0 amide bonds. The van der Waals surface area contributed by atoms with Gasteiger partial charge in [-0.15, -0.1) is 0 Å². The van der Waals surface area contributed by atoms with Crippen LogP contribution in [0.2, 0.25) is 0 Å². The zero-order valence-corrected chi connectivity index (χ0v) is 14.5. The van der Waals surface area contributed by atoms with E-state index < -0.39 is 12.3 Å². The Kier molecular flexibility index (Phi) is 3.08. The van der Waals surface area contributed by atoms with Crippen LogP contribution in [-0.2, 0) is 16.6 Å². The highest BCUT2D eigenvalue weighted by atomic mass is 16.7. The molecular formula is C19H23NO5. The second-order valence-corrected chi connectivity index (χ2v) is 7.82. The van der Waals surface area contributed by atoms with Crippen molar-refractivity contribution in [3.63, 3.8) is 0 Å². The predicted molar refractivity (Wildman–Crippen MR) is 89.4 cm³/mol. The Labute approximate surface area is 146 Å². The summed E-state index contributed by atoms with van der Waals surface area (Å²) in [6.07, 6.45) is 1.82. The molecule has 1 aromatic carbocycles. The van der Waals surface area contributed by atoms with Crippen molar-refractivity contribution in [3.8, 4) is 11.5 Å². The molecule has 1 spiro atoms. The molecule has 0 aromatic heterocycles. The molecule has 6 nitrogen and oxygen atoms in total. The molecule has 5 atom stereocenters. The Hall–Kier alpha value is -1.95. The number of piperidine rings is 1. The summed E-state index contributed by atoms with van der Waals surface area (Å²) in [5.41, 5.74) is 2.44. The lowest BCUT2D eigenvalue weighted by atomic mass is 9.51. The molecule has 5 rings (SSSR count). The van der Waals surface area contributed by atoms with E-state index in [-0.39, 0.29) is 11.5 Å². The Morgan fingerprint density at radius 1 is 1.40 bits per heavy atom. The third-order valence-electron chi connectivity index (χ3n) is 7.00. The highest BCUT2D eigenvalue weighted by molar-refractivity contribution is 5.62. The maximum atomic E-state index is 11.2. The van der Waals surface area contributed by atoms with Crippen molar-refractivity contribution in [3.05, 3.63) is 23.3 Å². The fourth-order valence-electron chi connectivity index (χ4n) is 6.09. The van der Waals surface area contributed by atoms with E-state index in [1.807, 2.05) is 6.07 Å². The van der Waals surface area contributed by atoms with Crippen molar-refractivity contribution in [2.75, 3.05) is 20.7 Å². The minimum Gasteiger partial charge on any atom is -0.493 e. The normalized spacial score (nSPS) is 37.8. The van der Waals surface area contributed by atoms with Gasteiger partial charge in [0.05, 0.1) is 7.11 Å². The number of ether oxygens (including phenoxy) is 3. The maximum absolute atomic E-state index is 11.2. The molecule has 1 N–H and O–H groups in total. The largest absolute Gasteiger partial charge is 0.506 e. The van der Waals surface area contributed by atoms with Gasteiger partial charge in [-0.1, -0.05) is 6.07 Å². The molecule has 4 aliphatic rings. The van der Waals surface area contributed by atoms with Gasteiger partial charge in [0, 0.05) is 17.0 Å². The number of hydrogen-bond donors (Lipinski definition) is 1. The van der Waals surface area contributed by atoms with Crippen molar-refractivity contribution < 1.29 is 24.1 Å². The van der Waals surface area contributed by atoms with E-state index in [1.165, 1.54) is 11.1 Å². The van der Waals surface area contributed by atoms with Gasteiger partial charge in [0.15, 0.2) is 11.5 Å². The van der Waals surface area contributed by atoms with Gasteiger partial charge < -0.3 is 24.2 Å². The Morgan fingerprint density at radius 3 is 3.00 bits per heavy atom. The molecule has 2 aliphatic carbocycles. The maximum Gasteiger partial charge on any atom is 0.506 e. The van der Waals surface area contributed by atoms with Gasteiger partial charge in [-0.2, -0.15) is 0 Å². The molecular weight excluding hydrogens is 322 g/mol. The van der Waals surface area contributed by atoms with Crippen molar-refractivity contribution >= 4 is 6.16 Å². The summed E-state index contributed by atoms with van der Waals surface area (Å²) in [4.78, 5) is 13.7. The number of likely N-dealkylation sites (tertiary alicyclic amines) is 1. The Bertz CT molecular complexity index is 750. The van der Waals surface area contributed by atoms with Crippen molar-refractivity contribution in [2.45, 2.75) is 49.3 Å². The third kappa shape index (κ3) is 1.81. The van der Waals surface area contributed by atoms with Crippen molar-refractivity contribution in [2.24, 2.45) is 5.92 Å². The number of hydrogen-bond acceptors (Lipinski definition) is 5. The standard InChI is InChI=1S/C19H23NO5/c1-20-8-7-19-11-4-6-14(24-18(21)22)17(19)25-16-13(23-2)5-3-10(15(16)19)9-12(11)20/h3,5,11-12,14,17H,4,6-9H2,1-2H3,(H,21,22)/t11-,12+,14?,17-,19-/m1/s1. The fraction of sp³-hybridized carbons (Fsp3) is 0.632. The molecule has 2 heterocycles. The summed E-state index contributed by atoms with van der Waals surface area (Å²) in [5, 5.41) is 9.19. The smallest absolute Gasteiger partial charge is 0.493 e. The van der Waals surface area contributed by atoms with Crippen LogP contribution >= 0.6 is 0 Å². The quantitative estimate of drug-likeness (QED) is 0.831. The topological polar surface area (TPSA) is 68.2 Å². The molecule has 0 radical (unpaired) electrons. The molecule has 2 bridgehead atoms. The van der Waals surface area contributed by atoms with E-state index in [4.69, 9.17) is 14.2 Å². The number of carbonyl (C=O) groups is 1. The Balaban J connectivity index is 1.71. The van der Waals surface area contributed by atoms with E-state index in [0.29, 0.717) is 12.0 Å². The monoisotopic (exact) mass is 345 g/mol. The molecule has 25 heavy (non-hydrogen) atoms. The van der Waals surface area contributed by atoms with Crippen LogP contribution in [0.5, 0.6) is 11.5 Å². The first-order chi connectivity index (χ1) is 12.1. The number of nitrogens with zero attached hydrogens (tertiary/aromatic N) is 1. The van der Waals surface area contributed by atoms with Crippen molar-refractivity contribution in [1.29, 1.82) is 0 Å². The summed E-state index contributed by atoms with van der Waals surface area (Å²) in [6, 6.07) is 4.62. The van der Waals surface area contributed by atoms with E-state index in [1.54, 1.807) is 7.11 Å². The molecule has 1 aromatic rings. The predicted octanol–water partition coefficient (Wildman–Crippen LogP) is 2.43. The van der Waals surface area contributed by atoms with Crippen LogP contribution < -0.4 is 9.47 Å². The average molecular weight is 345 g/mol. The Morgan fingerprint density at radius 2 is 2.24 bits per heavy atom. The summed E-state index contributed by atoms with van der Waals surface area (Å²) in [5.74, 6) is 2.04. The third-order valence-corrected chi connectivity index (χ3v) is 7.00. The lowest BCUT2D eigenvalue weighted by Gasteiger charge is -2.58. The minimum atomic E-state index is -1.22. The minimum absolute atomic E-state index is 0.146. The summed E-state index contributed by atoms with van der Waals surface area (Å²) in [7, 11) is 3.86. The fourth-order valence-corrected chi connectivity index (χ4v) is 6.09. The molecule has 1 unspecified atom stereocenters. The number of benzene rings is 1. The highest BCUT2D eigenvalue weighted by Crippen LogP contribution is 2.64. The lowest BCUT2D eigenvalue weighted by Crippen LogP contribution is -2.66. The SMILES string of the molecule is COc1ccc2c3c1O[C@@H]1C(OC(=O)O)CC[C@@H]4[C@H](C2)N(C)CC[C@@]314. The highest BCUT2D eigenvalue weighted by Gasteiger charge is 2.66. The van der Waals surface area contributed by atoms with Gasteiger partial charge in [-0.05, 0) is 56.8 Å². The van der Waals surface area contributed by atoms with Crippen LogP contribution in [0, 0.1) is 5.92 Å².